The van der Waals surface area contributed by atoms with Crippen molar-refractivity contribution in [2.45, 2.75) is 0 Å². The third kappa shape index (κ3) is 5.32. The lowest BCUT2D eigenvalue weighted by Gasteiger charge is -1.97. The molecule has 2 aliphatic rings. The molecule has 0 bridgehead atoms. The molecule has 13 heavy (non-hydrogen) atoms. The molecule has 0 aromatic carbocycles. The summed E-state index contributed by atoms with van der Waals surface area (Å²) in [5.41, 5.74) is 5.19. The van der Waals surface area contributed by atoms with Gasteiger partial charge in [0.1, 0.15) is 6.26 Å². The van der Waals surface area contributed by atoms with Crippen LogP contribution in [0.1, 0.15) is 0 Å². The highest BCUT2D eigenvalue weighted by atomic mass is 16.6. The summed E-state index contributed by atoms with van der Waals surface area (Å²) in [4.78, 5) is 4.55. The number of hydrogen-bond acceptors (Lipinski definition) is 4. The maximum atomic E-state index is 4.55. The fraction of sp³-hybridized carbons (Fsp3) is 0. The van der Waals surface area contributed by atoms with Gasteiger partial charge in [-0.05, 0) is 24.3 Å². The zero-order valence-electron chi connectivity index (χ0n) is 7.05. The van der Waals surface area contributed by atoms with Crippen molar-refractivity contribution in [1.29, 1.82) is 0 Å². The van der Waals surface area contributed by atoms with Gasteiger partial charge in [-0.2, -0.15) is 5.10 Å². The Labute approximate surface area is 76.9 Å². The van der Waals surface area contributed by atoms with Crippen molar-refractivity contribution >= 4 is 6.21 Å². The van der Waals surface area contributed by atoms with E-state index < -0.39 is 0 Å². The topological polar surface area (TPSA) is 45.7 Å². The molecule has 0 fully saturated rings. The van der Waals surface area contributed by atoms with Gasteiger partial charge >= 0.3 is 0 Å². The van der Waals surface area contributed by atoms with Gasteiger partial charge in [0, 0.05) is 18.6 Å². The molecule has 4 nitrogen and oxygen atoms in total. The Morgan fingerprint density at radius 2 is 1.85 bits per heavy atom. The summed E-state index contributed by atoms with van der Waals surface area (Å²) in [6, 6.07) is 0. The molecular weight excluding hydrogens is 166 g/mol. The smallest absolute Gasteiger partial charge is 0.119 e. The predicted octanol–water partition coefficient (Wildman–Crippen LogP) is 1.19. The van der Waals surface area contributed by atoms with Gasteiger partial charge in [-0.3, -0.25) is 5.43 Å². The van der Waals surface area contributed by atoms with Gasteiger partial charge in [0.25, 0.3) is 0 Å². The lowest BCUT2D eigenvalue weighted by atomic mass is 10.5. The summed E-state index contributed by atoms with van der Waals surface area (Å²) in [7, 11) is 0. The second-order valence-electron chi connectivity index (χ2n) is 2.07. The summed E-state index contributed by atoms with van der Waals surface area (Å²) in [5.74, 6) is 0. The molecule has 0 unspecified atom stereocenters. The monoisotopic (exact) mass is 177 g/mol. The minimum atomic E-state index is 1.57. The predicted molar refractivity (Wildman–Crippen MR) is 52.4 cm³/mol. The maximum absolute atomic E-state index is 4.55. The van der Waals surface area contributed by atoms with E-state index in [2.05, 4.69) is 20.8 Å². The Morgan fingerprint density at radius 1 is 0.923 bits per heavy atom. The molecule has 0 saturated carbocycles. The molecular formula is C9H11N3O. The Balaban J connectivity index is 0.000000132. The molecule has 2 aliphatic heterocycles. The minimum absolute atomic E-state index is 1.57. The molecule has 0 aliphatic carbocycles. The molecule has 2 N–H and O–H groups in total. The van der Waals surface area contributed by atoms with Gasteiger partial charge in [-0.1, -0.05) is 6.08 Å². The molecule has 0 radical (unpaired) electrons. The molecule has 0 amide bonds. The van der Waals surface area contributed by atoms with Gasteiger partial charge in [0.2, 0.25) is 0 Å². The van der Waals surface area contributed by atoms with Crippen LogP contribution in [0, 0.1) is 0 Å². The van der Waals surface area contributed by atoms with Gasteiger partial charge in [-0.15, -0.1) is 0 Å². The molecule has 0 aromatic rings. The number of hydrazone groups is 1. The van der Waals surface area contributed by atoms with E-state index in [1.54, 1.807) is 31.0 Å². The first-order chi connectivity index (χ1) is 6.50. The van der Waals surface area contributed by atoms with E-state index in [1.165, 1.54) is 0 Å². The second-order valence-corrected chi connectivity index (χ2v) is 2.07. The van der Waals surface area contributed by atoms with Crippen LogP contribution in [-0.4, -0.2) is 6.21 Å². The molecule has 2 rings (SSSR count). The normalized spacial score (nSPS) is 16.0. The van der Waals surface area contributed by atoms with Crippen molar-refractivity contribution in [1.82, 2.24) is 10.9 Å². The molecule has 68 valence electrons. The van der Waals surface area contributed by atoms with E-state index in [4.69, 9.17) is 0 Å². The molecule has 4 heteroatoms. The van der Waals surface area contributed by atoms with E-state index in [0.29, 0.717) is 0 Å². The Kier molecular flexibility index (Phi) is 4.72. The molecule has 2 heterocycles. The van der Waals surface area contributed by atoms with E-state index in [0.717, 1.165) is 0 Å². The van der Waals surface area contributed by atoms with Crippen molar-refractivity contribution in [2.75, 3.05) is 0 Å². The maximum Gasteiger partial charge on any atom is 0.119 e. The highest BCUT2D eigenvalue weighted by Crippen LogP contribution is 1.80. The average molecular weight is 177 g/mol. The number of hydroxylamine groups is 1. The van der Waals surface area contributed by atoms with E-state index in [1.807, 2.05) is 24.3 Å². The van der Waals surface area contributed by atoms with Crippen LogP contribution in [0.25, 0.3) is 0 Å². The van der Waals surface area contributed by atoms with Crippen LogP contribution < -0.4 is 10.9 Å². The number of rotatable bonds is 0. The van der Waals surface area contributed by atoms with Crippen molar-refractivity contribution in [2.24, 2.45) is 5.10 Å². The summed E-state index contributed by atoms with van der Waals surface area (Å²) < 4.78 is 0. The first kappa shape index (κ1) is 9.12. The van der Waals surface area contributed by atoms with Crippen molar-refractivity contribution in [3.8, 4) is 0 Å². The Hall–Kier alpha value is -1.97. The van der Waals surface area contributed by atoms with Gasteiger partial charge in [0.15, 0.2) is 0 Å². The SMILES string of the molecule is C1=CC=NNC=C1.C1=CNOC=C1. The van der Waals surface area contributed by atoms with Crippen LogP contribution in [-0.2, 0) is 4.84 Å². The number of hydrogen-bond donors (Lipinski definition) is 2. The fourth-order valence-electron chi connectivity index (χ4n) is 0.600. The van der Waals surface area contributed by atoms with E-state index >= 15 is 0 Å². The van der Waals surface area contributed by atoms with Crippen molar-refractivity contribution < 1.29 is 4.84 Å². The average Bonchev–Trinajstić information content (AvgIpc) is 2.53. The molecule has 0 atom stereocenters. The van der Waals surface area contributed by atoms with Gasteiger partial charge in [0.05, 0.1) is 0 Å². The van der Waals surface area contributed by atoms with Crippen LogP contribution in [0.5, 0.6) is 0 Å². The largest absolute Gasteiger partial charge is 0.391 e. The van der Waals surface area contributed by atoms with E-state index in [-0.39, 0.29) is 0 Å². The summed E-state index contributed by atoms with van der Waals surface area (Å²) in [5, 5.41) is 3.72. The first-order valence-electron chi connectivity index (χ1n) is 3.83. The standard InChI is InChI=1S/C5H6N2.C4H5NO/c1-2-4-6-7-5-3-1;1-2-4-6-5-3-1/h1-6H;1-5H. The third-order valence-corrected chi connectivity index (χ3v) is 1.12. The summed E-state index contributed by atoms with van der Waals surface area (Å²) >= 11 is 0. The lowest BCUT2D eigenvalue weighted by molar-refractivity contribution is 0.172. The molecule has 0 spiro atoms. The highest BCUT2D eigenvalue weighted by molar-refractivity contribution is 5.71. The van der Waals surface area contributed by atoms with Crippen LogP contribution in [0.2, 0.25) is 0 Å². The van der Waals surface area contributed by atoms with Crippen LogP contribution >= 0.6 is 0 Å². The second kappa shape index (κ2) is 6.72. The van der Waals surface area contributed by atoms with Crippen LogP contribution in [0.4, 0.5) is 0 Å². The third-order valence-electron chi connectivity index (χ3n) is 1.12. The Morgan fingerprint density at radius 3 is 2.46 bits per heavy atom. The Bertz CT molecular complexity index is 238. The van der Waals surface area contributed by atoms with Gasteiger partial charge < -0.3 is 4.84 Å². The van der Waals surface area contributed by atoms with Crippen LogP contribution in [0.3, 0.4) is 0 Å². The summed E-state index contributed by atoms with van der Waals surface area (Å²) in [6.45, 7) is 0. The lowest BCUT2D eigenvalue weighted by Crippen LogP contribution is -2.01. The van der Waals surface area contributed by atoms with Gasteiger partial charge in [-0.25, -0.2) is 5.48 Å². The highest BCUT2D eigenvalue weighted by Gasteiger charge is 1.72. The van der Waals surface area contributed by atoms with Crippen molar-refractivity contribution in [3.05, 3.63) is 49.0 Å². The fourth-order valence-corrected chi connectivity index (χ4v) is 0.600. The number of allylic oxidation sites excluding steroid dienone is 5. The minimum Gasteiger partial charge on any atom is -0.391 e. The zero-order valence-corrected chi connectivity index (χ0v) is 7.05. The quantitative estimate of drug-likeness (QED) is 0.584. The molecule has 0 aromatic heterocycles. The van der Waals surface area contributed by atoms with Crippen LogP contribution in [0.15, 0.2) is 54.1 Å². The van der Waals surface area contributed by atoms with E-state index in [9.17, 15) is 0 Å². The summed E-state index contributed by atoms with van der Waals surface area (Å²) in [6.07, 6.45) is 16.0. The zero-order chi connectivity index (χ0) is 9.19. The number of nitrogens with one attached hydrogen (secondary N) is 2. The number of nitrogens with zero attached hydrogens (tertiary/aromatic N) is 1. The molecule has 0 saturated heterocycles. The van der Waals surface area contributed by atoms with Crippen molar-refractivity contribution in [3.63, 3.8) is 0 Å². The first-order valence-corrected chi connectivity index (χ1v) is 3.83.